The summed E-state index contributed by atoms with van der Waals surface area (Å²) in [4.78, 5) is 26.3. The van der Waals surface area contributed by atoms with Gasteiger partial charge in [0, 0.05) is 5.02 Å². The van der Waals surface area contributed by atoms with Crippen molar-refractivity contribution in [2.75, 3.05) is 4.90 Å². The molecule has 8 heteroatoms. The van der Waals surface area contributed by atoms with Crippen molar-refractivity contribution in [2.45, 2.75) is 6.61 Å². The van der Waals surface area contributed by atoms with Crippen LogP contribution in [-0.2, 0) is 11.4 Å². The van der Waals surface area contributed by atoms with E-state index in [1.807, 2.05) is 42.5 Å². The van der Waals surface area contributed by atoms with Crippen LogP contribution in [0.1, 0.15) is 11.1 Å². The number of anilines is 1. The van der Waals surface area contributed by atoms with Gasteiger partial charge in [0.15, 0.2) is 5.75 Å². The van der Waals surface area contributed by atoms with Crippen molar-refractivity contribution in [3.8, 4) is 5.75 Å². The zero-order valence-corrected chi connectivity index (χ0v) is 20.4. The molecule has 174 valence electrons. The van der Waals surface area contributed by atoms with Crippen molar-refractivity contribution in [1.82, 2.24) is 5.32 Å². The summed E-state index contributed by atoms with van der Waals surface area (Å²) in [6, 6.07) is 23.1. The average molecular weight is 524 g/mol. The van der Waals surface area contributed by atoms with Gasteiger partial charge in [0.25, 0.3) is 5.91 Å². The van der Waals surface area contributed by atoms with E-state index in [4.69, 9.17) is 39.5 Å². The third-order valence-corrected chi connectivity index (χ3v) is 6.36. The normalized spacial score (nSPS) is 14.6. The van der Waals surface area contributed by atoms with Gasteiger partial charge in [-0.2, -0.15) is 0 Å². The van der Waals surface area contributed by atoms with Crippen molar-refractivity contribution in [2.24, 2.45) is 0 Å². The van der Waals surface area contributed by atoms with Gasteiger partial charge in [-0.25, -0.2) is 9.69 Å². The second-order valence-corrected chi connectivity index (χ2v) is 9.10. The molecule has 1 aliphatic heterocycles. The maximum Gasteiger partial charge on any atom is 0.333 e. The number of imide groups is 1. The summed E-state index contributed by atoms with van der Waals surface area (Å²) >= 11 is 18.9. The third kappa shape index (κ3) is 4.71. The second-order valence-electron chi connectivity index (χ2n) is 7.85. The number of urea groups is 1. The van der Waals surface area contributed by atoms with E-state index in [-0.39, 0.29) is 22.3 Å². The minimum atomic E-state index is -0.559. The monoisotopic (exact) mass is 522 g/mol. The number of rotatable bonds is 5. The van der Waals surface area contributed by atoms with Crippen molar-refractivity contribution in [1.29, 1.82) is 0 Å². The first-order chi connectivity index (χ1) is 16.9. The Morgan fingerprint density at radius 1 is 0.857 bits per heavy atom. The minimum absolute atomic E-state index is 0.0986. The maximum absolute atomic E-state index is 12.9. The molecule has 1 heterocycles. The standard InChI is InChI=1S/C27H17Cl3N2O3/c28-19-8-10-20(11-9-19)32-26(33)24(31-27(32)34)14-16-12-22(29)25(23(30)13-16)35-15-18-6-3-5-17-4-1-2-7-21(17)18/h1-14H,15H2,(H,31,34)/b24-14+. The van der Waals surface area contributed by atoms with E-state index < -0.39 is 11.9 Å². The Hall–Kier alpha value is -3.51. The Morgan fingerprint density at radius 3 is 2.29 bits per heavy atom. The van der Waals surface area contributed by atoms with Crippen LogP contribution in [0.5, 0.6) is 5.75 Å². The number of halogens is 3. The highest BCUT2D eigenvalue weighted by molar-refractivity contribution is 6.37. The highest BCUT2D eigenvalue weighted by atomic mass is 35.5. The van der Waals surface area contributed by atoms with Crippen LogP contribution in [0.25, 0.3) is 16.8 Å². The van der Waals surface area contributed by atoms with Crippen LogP contribution in [0.2, 0.25) is 15.1 Å². The number of benzene rings is 4. The lowest BCUT2D eigenvalue weighted by Gasteiger charge is -2.13. The van der Waals surface area contributed by atoms with E-state index in [9.17, 15) is 9.59 Å². The number of nitrogens with zero attached hydrogens (tertiary/aromatic N) is 1. The van der Waals surface area contributed by atoms with Gasteiger partial charge < -0.3 is 10.1 Å². The smallest absolute Gasteiger partial charge is 0.333 e. The quantitative estimate of drug-likeness (QED) is 0.218. The Labute approximate surface area is 216 Å². The van der Waals surface area contributed by atoms with Crippen molar-refractivity contribution >= 4 is 69.3 Å². The molecule has 0 aliphatic carbocycles. The predicted octanol–water partition coefficient (Wildman–Crippen LogP) is 7.48. The van der Waals surface area contributed by atoms with Crippen molar-refractivity contribution in [3.05, 3.63) is 111 Å². The number of hydrogen-bond donors (Lipinski definition) is 1. The van der Waals surface area contributed by atoms with E-state index in [1.165, 1.54) is 6.08 Å². The molecule has 0 aromatic heterocycles. The molecule has 0 spiro atoms. The molecule has 0 unspecified atom stereocenters. The molecule has 3 amide bonds. The van der Waals surface area contributed by atoms with Crippen molar-refractivity contribution in [3.63, 3.8) is 0 Å². The van der Waals surface area contributed by atoms with Gasteiger partial charge >= 0.3 is 6.03 Å². The summed E-state index contributed by atoms with van der Waals surface area (Å²) in [5.74, 6) is -0.158. The van der Waals surface area contributed by atoms with E-state index in [0.29, 0.717) is 22.0 Å². The van der Waals surface area contributed by atoms with E-state index in [0.717, 1.165) is 21.2 Å². The summed E-state index contributed by atoms with van der Waals surface area (Å²) in [5, 5.41) is 5.86. The molecule has 0 saturated carbocycles. The topological polar surface area (TPSA) is 58.6 Å². The van der Waals surface area contributed by atoms with E-state index in [2.05, 4.69) is 5.32 Å². The largest absolute Gasteiger partial charge is 0.486 e. The molecule has 4 aromatic carbocycles. The van der Waals surface area contributed by atoms with Crippen LogP contribution in [-0.4, -0.2) is 11.9 Å². The first kappa shape index (κ1) is 23.2. The fraction of sp³-hybridized carbons (Fsp3) is 0.0370. The van der Waals surface area contributed by atoms with Crippen LogP contribution < -0.4 is 15.0 Å². The zero-order chi connectivity index (χ0) is 24.5. The van der Waals surface area contributed by atoms with Crippen LogP contribution in [0.15, 0.2) is 84.6 Å². The third-order valence-electron chi connectivity index (χ3n) is 5.55. The highest BCUT2D eigenvalue weighted by Crippen LogP contribution is 2.36. The number of ether oxygens (including phenoxy) is 1. The van der Waals surface area contributed by atoms with Gasteiger partial charge in [-0.05, 0) is 64.4 Å². The van der Waals surface area contributed by atoms with Gasteiger partial charge in [0.05, 0.1) is 15.7 Å². The summed E-state index contributed by atoms with van der Waals surface area (Å²) in [7, 11) is 0. The molecule has 0 atom stereocenters. The van der Waals surface area contributed by atoms with E-state index >= 15 is 0 Å². The molecular weight excluding hydrogens is 507 g/mol. The van der Waals surface area contributed by atoms with Gasteiger partial charge in [-0.1, -0.05) is 77.3 Å². The lowest BCUT2D eigenvalue weighted by Crippen LogP contribution is -2.30. The summed E-state index contributed by atoms with van der Waals surface area (Å²) in [6.45, 7) is 0.284. The molecule has 0 radical (unpaired) electrons. The van der Waals surface area contributed by atoms with Crippen molar-refractivity contribution < 1.29 is 14.3 Å². The molecule has 5 rings (SSSR count). The number of hydrogen-bond acceptors (Lipinski definition) is 3. The fourth-order valence-electron chi connectivity index (χ4n) is 3.90. The highest BCUT2D eigenvalue weighted by Gasteiger charge is 2.34. The maximum atomic E-state index is 12.9. The molecule has 5 nitrogen and oxygen atoms in total. The van der Waals surface area contributed by atoms with Gasteiger partial charge in [-0.3, -0.25) is 4.79 Å². The zero-order valence-electron chi connectivity index (χ0n) is 18.1. The lowest BCUT2D eigenvalue weighted by atomic mass is 10.1. The molecule has 1 N–H and O–H groups in total. The van der Waals surface area contributed by atoms with Gasteiger partial charge in [0.2, 0.25) is 0 Å². The fourth-order valence-corrected chi connectivity index (χ4v) is 4.63. The lowest BCUT2D eigenvalue weighted by molar-refractivity contribution is -0.113. The molecule has 0 bridgehead atoms. The number of carbonyl (C=O) groups is 2. The predicted molar refractivity (Wildman–Crippen MR) is 140 cm³/mol. The van der Waals surface area contributed by atoms with Gasteiger partial charge in [0.1, 0.15) is 12.3 Å². The Morgan fingerprint density at radius 2 is 1.54 bits per heavy atom. The Balaban J connectivity index is 1.37. The van der Waals surface area contributed by atoms with E-state index in [1.54, 1.807) is 36.4 Å². The van der Waals surface area contributed by atoms with Crippen LogP contribution in [0.4, 0.5) is 10.5 Å². The average Bonchev–Trinajstić information content (AvgIpc) is 3.11. The summed E-state index contributed by atoms with van der Waals surface area (Å²) < 4.78 is 5.97. The molecule has 1 fully saturated rings. The second kappa shape index (κ2) is 9.62. The first-order valence-electron chi connectivity index (χ1n) is 10.6. The molecule has 1 saturated heterocycles. The SMILES string of the molecule is O=C1N/C(=C/c2cc(Cl)c(OCc3cccc4ccccc34)c(Cl)c2)C(=O)N1c1ccc(Cl)cc1. The molecular formula is C27H17Cl3N2O3. The Kier molecular flexibility index (Phi) is 6.39. The Bertz CT molecular complexity index is 1470. The summed E-state index contributed by atoms with van der Waals surface area (Å²) in [6.07, 6.45) is 1.52. The number of fused-ring (bicyclic) bond motifs is 1. The summed E-state index contributed by atoms with van der Waals surface area (Å²) in [5.41, 5.74) is 2.05. The molecule has 4 aromatic rings. The number of amides is 3. The number of carbonyl (C=O) groups excluding carboxylic acids is 2. The minimum Gasteiger partial charge on any atom is -0.486 e. The van der Waals surface area contributed by atoms with Crippen LogP contribution in [0.3, 0.4) is 0 Å². The van der Waals surface area contributed by atoms with Crippen LogP contribution in [0, 0.1) is 0 Å². The first-order valence-corrected chi connectivity index (χ1v) is 11.8. The van der Waals surface area contributed by atoms with Crippen LogP contribution >= 0.6 is 34.8 Å². The molecule has 1 aliphatic rings. The number of nitrogens with one attached hydrogen (secondary N) is 1. The molecule has 35 heavy (non-hydrogen) atoms. The van der Waals surface area contributed by atoms with Gasteiger partial charge in [-0.15, -0.1) is 0 Å².